The summed E-state index contributed by atoms with van der Waals surface area (Å²) in [5.41, 5.74) is 6.76. The number of ether oxygens (including phenoxy) is 2. The van der Waals surface area contributed by atoms with Crippen LogP contribution in [-0.4, -0.2) is 32.2 Å². The Hall–Kier alpha value is -1.72. The highest BCUT2D eigenvalue weighted by Crippen LogP contribution is 2.29. The van der Waals surface area contributed by atoms with E-state index in [0.29, 0.717) is 24.0 Å². The number of hydrogen-bond donors (Lipinski definition) is 2. The number of benzene rings is 1. The van der Waals surface area contributed by atoms with Crippen molar-refractivity contribution in [2.75, 3.05) is 20.3 Å². The molecule has 1 aliphatic rings. The Kier molecular flexibility index (Phi) is 8.65. The van der Waals surface area contributed by atoms with Crippen molar-refractivity contribution in [2.45, 2.75) is 32.2 Å². The molecule has 1 aromatic rings. The number of halogens is 1. The molecule has 24 heavy (non-hydrogen) atoms. The Morgan fingerprint density at radius 1 is 1.38 bits per heavy atom. The lowest BCUT2D eigenvalue weighted by atomic mass is 10.0. The smallest absolute Gasteiger partial charge is 0.258 e. The van der Waals surface area contributed by atoms with Crippen LogP contribution in [0.3, 0.4) is 0 Å². The monoisotopic (exact) mass is 354 g/mol. The molecule has 0 heterocycles. The first-order valence-electron chi connectivity index (χ1n) is 8.11. The second-order valence-corrected chi connectivity index (χ2v) is 5.80. The first-order chi connectivity index (χ1) is 11.2. The van der Waals surface area contributed by atoms with Crippen LogP contribution >= 0.6 is 12.4 Å². The number of carbonyl (C=O) groups excluding carboxylic acids is 1. The first-order valence-corrected chi connectivity index (χ1v) is 8.11. The van der Waals surface area contributed by atoms with Crippen LogP contribution in [0.25, 0.3) is 6.08 Å². The number of methoxy groups -OCH3 is 1. The Morgan fingerprint density at radius 2 is 2.17 bits per heavy atom. The number of nitrogens with one attached hydrogen (secondary N) is 1. The largest absolute Gasteiger partial charge is 0.493 e. The molecule has 3 N–H and O–H groups in total. The maximum atomic E-state index is 12.1. The zero-order valence-electron chi connectivity index (χ0n) is 14.3. The van der Waals surface area contributed by atoms with Crippen molar-refractivity contribution in [3.63, 3.8) is 0 Å². The molecule has 5 nitrogen and oxygen atoms in total. The molecule has 6 heteroatoms. The van der Waals surface area contributed by atoms with Crippen molar-refractivity contribution in [1.29, 1.82) is 0 Å². The maximum Gasteiger partial charge on any atom is 0.258 e. The molecule has 2 rings (SSSR count). The number of carbonyl (C=O) groups is 1. The summed E-state index contributed by atoms with van der Waals surface area (Å²) in [4.78, 5) is 12.1. The minimum atomic E-state index is -0.116. The normalized spacial score (nSPS) is 19.8. The van der Waals surface area contributed by atoms with Crippen molar-refractivity contribution in [3.8, 4) is 11.5 Å². The van der Waals surface area contributed by atoms with E-state index in [1.54, 1.807) is 7.11 Å². The van der Waals surface area contributed by atoms with E-state index in [1.807, 2.05) is 37.3 Å². The van der Waals surface area contributed by atoms with Crippen molar-refractivity contribution in [3.05, 3.63) is 29.8 Å². The summed E-state index contributed by atoms with van der Waals surface area (Å²) in [7, 11) is 1.59. The van der Waals surface area contributed by atoms with Crippen molar-refractivity contribution in [1.82, 2.24) is 5.32 Å². The summed E-state index contributed by atoms with van der Waals surface area (Å²) < 4.78 is 10.9. The molecule has 2 atom stereocenters. The molecule has 1 fully saturated rings. The molecule has 0 spiro atoms. The van der Waals surface area contributed by atoms with Gasteiger partial charge in [0.15, 0.2) is 18.1 Å². The molecule has 1 saturated carbocycles. The Balaban J connectivity index is 0.00000288. The second-order valence-electron chi connectivity index (χ2n) is 5.80. The molecule has 0 saturated heterocycles. The Labute approximate surface area is 150 Å². The SMILES string of the molecule is C/C=C/c1ccc(OCC(=O)NC2CCCC2CN)c(OC)c1.Cl. The van der Waals surface area contributed by atoms with Crippen LogP contribution in [0, 0.1) is 5.92 Å². The van der Waals surface area contributed by atoms with Crippen LogP contribution in [0.4, 0.5) is 0 Å². The highest BCUT2D eigenvalue weighted by Gasteiger charge is 2.27. The zero-order valence-corrected chi connectivity index (χ0v) is 15.1. The van der Waals surface area contributed by atoms with Gasteiger partial charge in [-0.1, -0.05) is 24.6 Å². The molecule has 134 valence electrons. The molecular formula is C18H27ClN2O3. The van der Waals surface area contributed by atoms with E-state index >= 15 is 0 Å². The van der Waals surface area contributed by atoms with Gasteiger partial charge in [-0.3, -0.25) is 4.79 Å². The number of rotatable bonds is 7. The molecule has 0 aromatic heterocycles. The highest BCUT2D eigenvalue weighted by molar-refractivity contribution is 5.85. The van der Waals surface area contributed by atoms with Gasteiger partial charge >= 0.3 is 0 Å². The summed E-state index contributed by atoms with van der Waals surface area (Å²) in [5, 5.41) is 3.02. The minimum Gasteiger partial charge on any atom is -0.493 e. The van der Waals surface area contributed by atoms with Crippen LogP contribution in [0.1, 0.15) is 31.7 Å². The number of allylic oxidation sites excluding steroid dienone is 1. The summed E-state index contributed by atoms with van der Waals surface area (Å²) in [5.74, 6) is 1.45. The molecule has 1 aromatic carbocycles. The van der Waals surface area contributed by atoms with Gasteiger partial charge < -0.3 is 20.5 Å². The summed E-state index contributed by atoms with van der Waals surface area (Å²) in [6, 6.07) is 5.81. The van der Waals surface area contributed by atoms with Crippen LogP contribution in [0.15, 0.2) is 24.3 Å². The van der Waals surface area contributed by atoms with Gasteiger partial charge in [0.2, 0.25) is 0 Å². The third kappa shape index (κ3) is 5.42. The standard InChI is InChI=1S/C18H26N2O3.ClH/c1-3-5-13-8-9-16(17(10-13)22-2)23-12-18(21)20-15-7-4-6-14(15)11-19;/h3,5,8-10,14-15H,4,6-7,11-12,19H2,1-2H3,(H,20,21);1H/b5-3+;. The number of hydrogen-bond acceptors (Lipinski definition) is 4. The molecule has 0 bridgehead atoms. The molecule has 0 aliphatic heterocycles. The minimum absolute atomic E-state index is 0. The average Bonchev–Trinajstić information content (AvgIpc) is 3.00. The van der Waals surface area contributed by atoms with E-state index in [9.17, 15) is 4.79 Å². The number of amides is 1. The summed E-state index contributed by atoms with van der Waals surface area (Å²) >= 11 is 0. The van der Waals surface area contributed by atoms with Crippen LogP contribution in [0.2, 0.25) is 0 Å². The average molecular weight is 355 g/mol. The number of nitrogens with two attached hydrogens (primary N) is 1. The third-order valence-corrected chi connectivity index (χ3v) is 4.21. The van der Waals surface area contributed by atoms with Gasteiger partial charge in [-0.05, 0) is 49.9 Å². The van der Waals surface area contributed by atoms with Gasteiger partial charge in [-0.25, -0.2) is 0 Å². The quantitative estimate of drug-likeness (QED) is 0.789. The van der Waals surface area contributed by atoms with E-state index in [4.69, 9.17) is 15.2 Å². The van der Waals surface area contributed by atoms with E-state index < -0.39 is 0 Å². The van der Waals surface area contributed by atoms with E-state index in [0.717, 1.165) is 24.8 Å². The van der Waals surface area contributed by atoms with Gasteiger partial charge in [0.25, 0.3) is 5.91 Å². The van der Waals surface area contributed by atoms with Gasteiger partial charge in [-0.15, -0.1) is 12.4 Å². The van der Waals surface area contributed by atoms with Gasteiger partial charge in [0, 0.05) is 6.04 Å². The fourth-order valence-electron chi connectivity index (χ4n) is 3.00. The molecular weight excluding hydrogens is 328 g/mol. The third-order valence-electron chi connectivity index (χ3n) is 4.21. The second kappa shape index (κ2) is 10.2. The van der Waals surface area contributed by atoms with E-state index in [2.05, 4.69) is 5.32 Å². The highest BCUT2D eigenvalue weighted by atomic mass is 35.5. The lowest BCUT2D eigenvalue weighted by Gasteiger charge is -2.19. The van der Waals surface area contributed by atoms with Crippen LogP contribution in [0.5, 0.6) is 11.5 Å². The van der Waals surface area contributed by atoms with Crippen molar-refractivity contribution in [2.24, 2.45) is 11.7 Å². The molecule has 1 aliphatic carbocycles. The molecule has 0 radical (unpaired) electrons. The molecule has 1 amide bonds. The lowest BCUT2D eigenvalue weighted by Crippen LogP contribution is -2.42. The fourth-order valence-corrected chi connectivity index (χ4v) is 3.00. The first kappa shape index (κ1) is 20.3. The van der Waals surface area contributed by atoms with Gasteiger partial charge in [0.05, 0.1) is 7.11 Å². The lowest BCUT2D eigenvalue weighted by molar-refractivity contribution is -0.124. The van der Waals surface area contributed by atoms with E-state index in [-0.39, 0.29) is 31.0 Å². The predicted octanol–water partition coefficient (Wildman–Crippen LogP) is 2.77. The predicted molar refractivity (Wildman–Crippen MR) is 98.8 cm³/mol. The van der Waals surface area contributed by atoms with Crippen LogP contribution in [-0.2, 0) is 4.79 Å². The Morgan fingerprint density at radius 3 is 2.83 bits per heavy atom. The zero-order chi connectivity index (χ0) is 16.7. The topological polar surface area (TPSA) is 73.6 Å². The Bertz CT molecular complexity index is 563. The summed E-state index contributed by atoms with van der Waals surface area (Å²) in [6.07, 6.45) is 7.13. The maximum absolute atomic E-state index is 12.1. The van der Waals surface area contributed by atoms with Gasteiger partial charge in [0.1, 0.15) is 0 Å². The van der Waals surface area contributed by atoms with Crippen molar-refractivity contribution < 1.29 is 14.3 Å². The van der Waals surface area contributed by atoms with Gasteiger partial charge in [-0.2, -0.15) is 0 Å². The van der Waals surface area contributed by atoms with Crippen LogP contribution < -0.4 is 20.5 Å². The fraction of sp³-hybridized carbons (Fsp3) is 0.500. The van der Waals surface area contributed by atoms with E-state index in [1.165, 1.54) is 0 Å². The molecule has 2 unspecified atom stereocenters. The van der Waals surface area contributed by atoms with Crippen molar-refractivity contribution >= 4 is 24.4 Å². The summed E-state index contributed by atoms with van der Waals surface area (Å²) in [6.45, 7) is 2.55.